The summed E-state index contributed by atoms with van der Waals surface area (Å²) in [5, 5.41) is 0. The van der Waals surface area contributed by atoms with E-state index in [9.17, 15) is 17.6 Å². The average Bonchev–Trinajstić information content (AvgIpc) is 2.09. The smallest absolute Gasteiger partial charge is 0.246 e. The number of nitrogens with zero attached hydrogens (tertiary/aromatic N) is 1. The zero-order valence-corrected chi connectivity index (χ0v) is 8.19. The lowest BCUT2D eigenvalue weighted by Crippen LogP contribution is -2.19. The van der Waals surface area contributed by atoms with E-state index in [0.29, 0.717) is 5.56 Å². The summed E-state index contributed by atoms with van der Waals surface area (Å²) >= 11 is 0. The molecule has 1 nitrogen and oxygen atoms in total. The number of aliphatic imine (C=N–C) groups is 1. The van der Waals surface area contributed by atoms with Crippen LogP contribution < -0.4 is 0 Å². The molecule has 82 valence electrons. The molecule has 0 aliphatic heterocycles. The van der Waals surface area contributed by atoms with Crippen molar-refractivity contribution < 1.29 is 17.6 Å². The lowest BCUT2D eigenvalue weighted by Gasteiger charge is -2.06. The minimum Gasteiger partial charge on any atom is -0.246 e. The summed E-state index contributed by atoms with van der Waals surface area (Å²) in [6.07, 6.45) is -4.52. The molecule has 1 aromatic rings. The molecule has 0 fully saturated rings. The summed E-state index contributed by atoms with van der Waals surface area (Å²) in [6, 6.07) is 3.83. The minimum atomic E-state index is -4.52. The Morgan fingerprint density at radius 3 is 2.40 bits per heavy atom. The van der Waals surface area contributed by atoms with E-state index in [-0.39, 0.29) is 5.69 Å². The second-order valence-corrected chi connectivity index (χ2v) is 3.15. The standard InChI is InChI=1S/C10H9F4N/c1-6-3-4-8(11)9(5-6)15-7(2)10(12,13)14/h3-5H,1-2H3. The molecule has 1 rings (SSSR count). The molecule has 0 amide bonds. The summed E-state index contributed by atoms with van der Waals surface area (Å²) in [7, 11) is 0. The van der Waals surface area contributed by atoms with Crippen molar-refractivity contribution in [3.63, 3.8) is 0 Å². The van der Waals surface area contributed by atoms with Gasteiger partial charge in [0.25, 0.3) is 0 Å². The molecule has 5 heteroatoms. The van der Waals surface area contributed by atoms with Crippen molar-refractivity contribution in [3.05, 3.63) is 29.6 Å². The summed E-state index contributed by atoms with van der Waals surface area (Å²) < 4.78 is 49.4. The molecule has 0 spiro atoms. The van der Waals surface area contributed by atoms with Gasteiger partial charge in [-0.3, -0.25) is 0 Å². The van der Waals surface area contributed by atoms with Gasteiger partial charge in [0.05, 0.1) is 5.69 Å². The Morgan fingerprint density at radius 1 is 1.27 bits per heavy atom. The van der Waals surface area contributed by atoms with E-state index in [0.717, 1.165) is 13.0 Å². The average molecular weight is 219 g/mol. The molecule has 0 saturated heterocycles. The van der Waals surface area contributed by atoms with Crippen molar-refractivity contribution in [3.8, 4) is 0 Å². The van der Waals surface area contributed by atoms with Gasteiger partial charge in [0.1, 0.15) is 11.5 Å². The predicted octanol–water partition coefficient (Wildman–Crippen LogP) is 3.79. The number of rotatable bonds is 1. The Labute approximate surface area is 84.4 Å². The molecule has 0 radical (unpaired) electrons. The quantitative estimate of drug-likeness (QED) is 0.503. The van der Waals surface area contributed by atoms with Gasteiger partial charge in [-0.2, -0.15) is 13.2 Å². The maximum absolute atomic E-state index is 13.0. The van der Waals surface area contributed by atoms with Crippen LogP contribution in [-0.4, -0.2) is 11.9 Å². The SMILES string of the molecule is CC(=Nc1cc(C)ccc1F)C(F)(F)F. The van der Waals surface area contributed by atoms with Crippen LogP contribution >= 0.6 is 0 Å². The number of halogens is 4. The molecule has 0 heterocycles. The minimum absolute atomic E-state index is 0.287. The first-order valence-electron chi connectivity index (χ1n) is 4.19. The largest absolute Gasteiger partial charge is 0.429 e. The van der Waals surface area contributed by atoms with Gasteiger partial charge in [0.15, 0.2) is 0 Å². The monoisotopic (exact) mass is 219 g/mol. The van der Waals surface area contributed by atoms with Gasteiger partial charge in [0.2, 0.25) is 0 Å². The first-order valence-corrected chi connectivity index (χ1v) is 4.19. The zero-order valence-electron chi connectivity index (χ0n) is 8.19. The van der Waals surface area contributed by atoms with Crippen LogP contribution in [0.15, 0.2) is 23.2 Å². The van der Waals surface area contributed by atoms with E-state index in [4.69, 9.17) is 0 Å². The number of alkyl halides is 3. The topological polar surface area (TPSA) is 12.4 Å². The summed E-state index contributed by atoms with van der Waals surface area (Å²) in [4.78, 5) is 3.21. The van der Waals surface area contributed by atoms with Gasteiger partial charge in [0, 0.05) is 0 Å². The maximum atomic E-state index is 13.0. The van der Waals surface area contributed by atoms with Crippen molar-refractivity contribution in [2.24, 2.45) is 4.99 Å². The highest BCUT2D eigenvalue weighted by Gasteiger charge is 2.32. The lowest BCUT2D eigenvalue weighted by atomic mass is 10.2. The maximum Gasteiger partial charge on any atom is 0.429 e. The second kappa shape index (κ2) is 4.00. The Morgan fingerprint density at radius 2 is 1.87 bits per heavy atom. The fraction of sp³-hybridized carbons (Fsp3) is 0.300. The Balaban J connectivity index is 3.13. The molecule has 0 bridgehead atoms. The van der Waals surface area contributed by atoms with Gasteiger partial charge in [-0.15, -0.1) is 0 Å². The van der Waals surface area contributed by atoms with E-state index in [1.807, 2.05) is 0 Å². The lowest BCUT2D eigenvalue weighted by molar-refractivity contribution is -0.0591. The molecule has 0 atom stereocenters. The van der Waals surface area contributed by atoms with E-state index in [1.54, 1.807) is 6.92 Å². The van der Waals surface area contributed by atoms with Crippen molar-refractivity contribution in [1.82, 2.24) is 0 Å². The predicted molar refractivity (Wildman–Crippen MR) is 50.0 cm³/mol. The third kappa shape index (κ3) is 3.04. The summed E-state index contributed by atoms with van der Waals surface area (Å²) in [5.41, 5.74) is -0.693. The molecule has 1 aromatic carbocycles. The van der Waals surface area contributed by atoms with E-state index in [1.165, 1.54) is 12.1 Å². The third-order valence-electron chi connectivity index (χ3n) is 1.80. The molecule has 0 aromatic heterocycles. The zero-order chi connectivity index (χ0) is 11.6. The van der Waals surface area contributed by atoms with Crippen molar-refractivity contribution in [1.29, 1.82) is 0 Å². The fourth-order valence-corrected chi connectivity index (χ4v) is 0.952. The fourth-order valence-electron chi connectivity index (χ4n) is 0.952. The van der Waals surface area contributed by atoms with Crippen LogP contribution in [0.1, 0.15) is 12.5 Å². The highest BCUT2D eigenvalue weighted by atomic mass is 19.4. The molecule has 0 saturated carbocycles. The molecule has 0 aliphatic carbocycles. The third-order valence-corrected chi connectivity index (χ3v) is 1.80. The van der Waals surface area contributed by atoms with Gasteiger partial charge in [-0.05, 0) is 31.5 Å². The Bertz CT molecular complexity index is 393. The second-order valence-electron chi connectivity index (χ2n) is 3.15. The number of hydrogen-bond donors (Lipinski definition) is 0. The highest BCUT2D eigenvalue weighted by molar-refractivity contribution is 5.89. The molecular formula is C10H9F4N. The van der Waals surface area contributed by atoms with E-state index >= 15 is 0 Å². The molecule has 0 N–H and O–H groups in total. The van der Waals surface area contributed by atoms with Crippen molar-refractivity contribution >= 4 is 11.4 Å². The molecule has 0 unspecified atom stereocenters. The number of aryl methyl sites for hydroxylation is 1. The van der Waals surface area contributed by atoms with Crippen LogP contribution in [0.3, 0.4) is 0 Å². The number of hydrogen-bond acceptors (Lipinski definition) is 1. The van der Waals surface area contributed by atoms with E-state index in [2.05, 4.69) is 4.99 Å². The van der Waals surface area contributed by atoms with Crippen LogP contribution in [0, 0.1) is 12.7 Å². The normalized spacial score (nSPS) is 13.1. The van der Waals surface area contributed by atoms with Crippen LogP contribution in [0.2, 0.25) is 0 Å². The molecular weight excluding hydrogens is 210 g/mol. The first kappa shape index (κ1) is 11.7. The van der Waals surface area contributed by atoms with Crippen molar-refractivity contribution in [2.75, 3.05) is 0 Å². The first-order chi connectivity index (χ1) is 6.80. The highest BCUT2D eigenvalue weighted by Crippen LogP contribution is 2.24. The summed E-state index contributed by atoms with van der Waals surface area (Å²) in [5.74, 6) is -0.760. The molecule has 0 aliphatic rings. The van der Waals surface area contributed by atoms with Gasteiger partial charge in [-0.25, -0.2) is 9.38 Å². The van der Waals surface area contributed by atoms with Crippen molar-refractivity contribution in [2.45, 2.75) is 20.0 Å². The van der Waals surface area contributed by atoms with Crippen LogP contribution in [0.4, 0.5) is 23.2 Å². The van der Waals surface area contributed by atoms with Gasteiger partial charge < -0.3 is 0 Å². The van der Waals surface area contributed by atoms with Crippen LogP contribution in [0.5, 0.6) is 0 Å². The Kier molecular flexibility index (Phi) is 3.12. The molecule has 15 heavy (non-hydrogen) atoms. The van der Waals surface area contributed by atoms with E-state index < -0.39 is 17.7 Å². The van der Waals surface area contributed by atoms with Crippen LogP contribution in [-0.2, 0) is 0 Å². The number of benzene rings is 1. The van der Waals surface area contributed by atoms with Gasteiger partial charge in [-0.1, -0.05) is 6.07 Å². The van der Waals surface area contributed by atoms with Crippen LogP contribution in [0.25, 0.3) is 0 Å². The Hall–Kier alpha value is -1.39. The van der Waals surface area contributed by atoms with Gasteiger partial charge >= 0.3 is 6.18 Å². The summed E-state index contributed by atoms with van der Waals surface area (Å²) in [6.45, 7) is 2.46.